The largest absolute Gasteiger partial charge is 0.497 e. The Bertz CT molecular complexity index is 662. The molecule has 1 amide bonds. The lowest BCUT2D eigenvalue weighted by atomic mass is 10.1. The Morgan fingerprint density at radius 3 is 2.87 bits per heavy atom. The zero-order chi connectivity index (χ0) is 17.0. The predicted molar refractivity (Wildman–Crippen MR) is 83.8 cm³/mol. The van der Waals surface area contributed by atoms with E-state index in [2.05, 4.69) is 10.3 Å². The quantitative estimate of drug-likeness (QED) is 0.763. The summed E-state index contributed by atoms with van der Waals surface area (Å²) in [7, 11) is 1.11. The second kappa shape index (κ2) is 7.24. The SMILES string of the molecule is COc1ccnc(C(=O)N[C@@H]2COC[C@H]2CS(=O)(=O)N(C)C)c1. The molecule has 8 nitrogen and oxygen atoms in total. The van der Waals surface area contributed by atoms with Gasteiger partial charge in [-0.05, 0) is 6.07 Å². The van der Waals surface area contributed by atoms with Gasteiger partial charge in [0.15, 0.2) is 0 Å². The summed E-state index contributed by atoms with van der Waals surface area (Å²) < 4.78 is 35.6. The summed E-state index contributed by atoms with van der Waals surface area (Å²) in [5, 5.41) is 2.79. The first kappa shape index (κ1) is 17.6. The van der Waals surface area contributed by atoms with E-state index >= 15 is 0 Å². The van der Waals surface area contributed by atoms with Crippen molar-refractivity contribution in [3.63, 3.8) is 0 Å². The minimum Gasteiger partial charge on any atom is -0.497 e. The van der Waals surface area contributed by atoms with E-state index in [9.17, 15) is 13.2 Å². The number of pyridine rings is 1. The third kappa shape index (κ3) is 4.40. The fraction of sp³-hybridized carbons (Fsp3) is 0.571. The van der Waals surface area contributed by atoms with Crippen molar-refractivity contribution in [3.05, 3.63) is 24.0 Å². The number of sulfonamides is 1. The number of methoxy groups -OCH3 is 1. The maximum atomic E-state index is 12.3. The molecule has 0 bridgehead atoms. The normalized spacial score (nSPS) is 21.4. The summed E-state index contributed by atoms with van der Waals surface area (Å²) in [5.41, 5.74) is 0.213. The molecule has 2 rings (SSSR count). The Balaban J connectivity index is 2.04. The first-order chi connectivity index (χ1) is 10.8. The van der Waals surface area contributed by atoms with E-state index < -0.39 is 10.0 Å². The van der Waals surface area contributed by atoms with E-state index in [-0.39, 0.29) is 35.9 Å². The van der Waals surface area contributed by atoms with E-state index in [0.717, 1.165) is 0 Å². The number of hydrogen-bond donors (Lipinski definition) is 1. The summed E-state index contributed by atoms with van der Waals surface area (Å²) in [6.45, 7) is 0.576. The summed E-state index contributed by atoms with van der Waals surface area (Å²) in [6, 6.07) is 2.80. The average molecular weight is 343 g/mol. The molecule has 2 atom stereocenters. The van der Waals surface area contributed by atoms with Crippen molar-refractivity contribution in [3.8, 4) is 5.75 Å². The first-order valence-corrected chi connectivity index (χ1v) is 8.73. The van der Waals surface area contributed by atoms with Crippen molar-refractivity contribution in [2.24, 2.45) is 5.92 Å². The molecule has 1 aliphatic heterocycles. The third-order valence-corrected chi connectivity index (χ3v) is 5.66. The molecule has 0 spiro atoms. The predicted octanol–water partition coefficient (Wildman–Crippen LogP) is -0.274. The molecule has 1 N–H and O–H groups in total. The highest BCUT2D eigenvalue weighted by atomic mass is 32.2. The summed E-state index contributed by atoms with van der Waals surface area (Å²) in [5.74, 6) is -0.223. The molecule has 0 unspecified atom stereocenters. The van der Waals surface area contributed by atoms with Crippen LogP contribution in [0.3, 0.4) is 0 Å². The topological polar surface area (TPSA) is 97.8 Å². The minimum absolute atomic E-state index is 0.0729. The fourth-order valence-electron chi connectivity index (χ4n) is 2.25. The molecule has 1 aromatic rings. The molecule has 0 saturated carbocycles. The highest BCUT2D eigenvalue weighted by Gasteiger charge is 2.34. The van der Waals surface area contributed by atoms with E-state index in [1.54, 1.807) is 6.07 Å². The van der Waals surface area contributed by atoms with Crippen LogP contribution < -0.4 is 10.1 Å². The first-order valence-electron chi connectivity index (χ1n) is 7.12. The van der Waals surface area contributed by atoms with Crippen molar-refractivity contribution >= 4 is 15.9 Å². The molecule has 1 aromatic heterocycles. The highest BCUT2D eigenvalue weighted by Crippen LogP contribution is 2.18. The molecule has 128 valence electrons. The molecule has 0 radical (unpaired) electrons. The zero-order valence-corrected chi connectivity index (χ0v) is 14.2. The number of nitrogens with one attached hydrogen (secondary N) is 1. The van der Waals surface area contributed by atoms with Gasteiger partial charge in [-0.15, -0.1) is 0 Å². The van der Waals surface area contributed by atoms with Crippen LogP contribution in [0.25, 0.3) is 0 Å². The number of carbonyl (C=O) groups is 1. The van der Waals surface area contributed by atoms with Crippen LogP contribution in [0.4, 0.5) is 0 Å². The van der Waals surface area contributed by atoms with Crippen molar-refractivity contribution in [1.29, 1.82) is 0 Å². The van der Waals surface area contributed by atoms with Gasteiger partial charge < -0.3 is 14.8 Å². The Morgan fingerprint density at radius 2 is 2.22 bits per heavy atom. The van der Waals surface area contributed by atoms with Crippen LogP contribution in [0.2, 0.25) is 0 Å². The Labute approximate surface area is 135 Å². The zero-order valence-electron chi connectivity index (χ0n) is 13.4. The fourth-order valence-corrected chi connectivity index (χ4v) is 3.41. The molecule has 1 aliphatic rings. The molecule has 9 heteroatoms. The van der Waals surface area contributed by atoms with Crippen molar-refractivity contribution in [2.75, 3.05) is 40.2 Å². The summed E-state index contributed by atoms with van der Waals surface area (Å²) >= 11 is 0. The van der Waals surface area contributed by atoms with E-state index in [4.69, 9.17) is 9.47 Å². The molecule has 2 heterocycles. The number of carbonyl (C=O) groups excluding carboxylic acids is 1. The maximum absolute atomic E-state index is 12.3. The van der Waals surface area contributed by atoms with Crippen LogP contribution >= 0.6 is 0 Å². The lowest BCUT2D eigenvalue weighted by molar-refractivity contribution is 0.0920. The van der Waals surface area contributed by atoms with Gasteiger partial charge in [0.05, 0.1) is 32.1 Å². The number of ether oxygens (including phenoxy) is 2. The van der Waals surface area contributed by atoms with Crippen LogP contribution in [-0.2, 0) is 14.8 Å². The van der Waals surface area contributed by atoms with Crippen LogP contribution in [0.5, 0.6) is 5.75 Å². The van der Waals surface area contributed by atoms with Gasteiger partial charge in [0.2, 0.25) is 10.0 Å². The Hall–Kier alpha value is -1.71. The van der Waals surface area contributed by atoms with Crippen LogP contribution in [0.15, 0.2) is 18.3 Å². The van der Waals surface area contributed by atoms with Gasteiger partial charge in [0, 0.05) is 32.3 Å². The van der Waals surface area contributed by atoms with Crippen LogP contribution in [0, 0.1) is 5.92 Å². The molecular formula is C14H21N3O5S. The van der Waals surface area contributed by atoms with E-state index in [1.807, 2.05) is 0 Å². The standard InChI is InChI=1S/C14H21N3O5S/c1-17(2)23(19,20)9-10-7-22-8-13(10)16-14(18)12-6-11(21-3)4-5-15-12/h4-6,10,13H,7-9H2,1-3H3,(H,16,18)/t10-,13+/m0/s1. The smallest absolute Gasteiger partial charge is 0.270 e. The van der Waals surface area contributed by atoms with Crippen molar-refractivity contribution < 1.29 is 22.7 Å². The average Bonchev–Trinajstić information content (AvgIpc) is 2.93. The van der Waals surface area contributed by atoms with Crippen LogP contribution in [-0.4, -0.2) is 69.8 Å². The van der Waals surface area contributed by atoms with Crippen molar-refractivity contribution in [2.45, 2.75) is 6.04 Å². The molecule has 23 heavy (non-hydrogen) atoms. The number of hydrogen-bond acceptors (Lipinski definition) is 6. The van der Waals surface area contributed by atoms with Gasteiger partial charge in [-0.2, -0.15) is 0 Å². The molecule has 1 fully saturated rings. The van der Waals surface area contributed by atoms with Crippen molar-refractivity contribution in [1.82, 2.24) is 14.6 Å². The van der Waals surface area contributed by atoms with Gasteiger partial charge in [-0.25, -0.2) is 12.7 Å². The van der Waals surface area contributed by atoms with Gasteiger partial charge in [0.1, 0.15) is 11.4 Å². The summed E-state index contributed by atoms with van der Waals surface area (Å²) in [6.07, 6.45) is 1.48. The minimum atomic E-state index is -3.36. The van der Waals surface area contributed by atoms with Gasteiger partial charge >= 0.3 is 0 Å². The Morgan fingerprint density at radius 1 is 1.48 bits per heavy atom. The third-order valence-electron chi connectivity index (χ3n) is 3.70. The van der Waals surface area contributed by atoms with Gasteiger partial charge in [-0.1, -0.05) is 0 Å². The maximum Gasteiger partial charge on any atom is 0.270 e. The lowest BCUT2D eigenvalue weighted by Crippen LogP contribution is -2.43. The van der Waals surface area contributed by atoms with Gasteiger partial charge in [0.25, 0.3) is 5.91 Å². The lowest BCUT2D eigenvalue weighted by Gasteiger charge is -2.20. The van der Waals surface area contributed by atoms with Crippen LogP contribution in [0.1, 0.15) is 10.5 Å². The molecular weight excluding hydrogens is 322 g/mol. The van der Waals surface area contributed by atoms with E-state index in [0.29, 0.717) is 12.4 Å². The number of amides is 1. The second-order valence-corrected chi connectivity index (χ2v) is 7.75. The van der Waals surface area contributed by atoms with Gasteiger partial charge in [-0.3, -0.25) is 9.78 Å². The second-order valence-electron chi connectivity index (χ2n) is 5.52. The Kier molecular flexibility index (Phi) is 5.55. The monoisotopic (exact) mass is 343 g/mol. The number of rotatable bonds is 6. The molecule has 0 aromatic carbocycles. The number of aromatic nitrogens is 1. The van der Waals surface area contributed by atoms with E-state index in [1.165, 1.54) is 37.8 Å². The highest BCUT2D eigenvalue weighted by molar-refractivity contribution is 7.89. The number of nitrogens with zero attached hydrogens (tertiary/aromatic N) is 2. The summed E-state index contributed by atoms with van der Waals surface area (Å²) in [4.78, 5) is 16.3. The molecule has 1 saturated heterocycles. The molecule has 0 aliphatic carbocycles.